The van der Waals surface area contributed by atoms with Crippen molar-refractivity contribution in [2.75, 3.05) is 0 Å². The molecule has 0 saturated heterocycles. The molecule has 0 aliphatic heterocycles. The Kier molecular flexibility index (Phi) is 3.33. The van der Waals surface area contributed by atoms with E-state index in [1.165, 1.54) is 23.5 Å². The van der Waals surface area contributed by atoms with Gasteiger partial charge in [-0.05, 0) is 0 Å². The predicted molar refractivity (Wildman–Crippen MR) is 67.1 cm³/mol. The second-order valence-electron chi connectivity index (χ2n) is 3.58. The number of benzene rings is 1. The SMILES string of the molecule is NC(=O)Cc1nc(-c2cccc([N+](=O)[O-])c2)cs1. The quantitative estimate of drug-likeness (QED) is 0.670. The van der Waals surface area contributed by atoms with Gasteiger partial charge in [0, 0.05) is 23.1 Å². The van der Waals surface area contributed by atoms with Crippen LogP contribution < -0.4 is 5.73 Å². The number of nitro groups is 1. The van der Waals surface area contributed by atoms with Gasteiger partial charge in [0.05, 0.1) is 17.0 Å². The van der Waals surface area contributed by atoms with Crippen LogP contribution in [0.1, 0.15) is 5.01 Å². The summed E-state index contributed by atoms with van der Waals surface area (Å²) in [4.78, 5) is 25.2. The van der Waals surface area contributed by atoms with Crippen LogP contribution in [0.15, 0.2) is 29.6 Å². The van der Waals surface area contributed by atoms with Gasteiger partial charge in [0.25, 0.3) is 5.69 Å². The maximum absolute atomic E-state index is 10.8. The number of nitro benzene ring substituents is 1. The van der Waals surface area contributed by atoms with E-state index in [2.05, 4.69) is 4.98 Å². The number of aromatic nitrogens is 1. The molecule has 2 rings (SSSR count). The van der Waals surface area contributed by atoms with Crippen molar-refractivity contribution in [2.24, 2.45) is 5.73 Å². The first-order chi connectivity index (χ1) is 8.56. The maximum Gasteiger partial charge on any atom is 0.270 e. The summed E-state index contributed by atoms with van der Waals surface area (Å²) >= 11 is 1.31. The minimum Gasteiger partial charge on any atom is -0.369 e. The number of non-ortho nitro benzene ring substituents is 1. The molecule has 0 radical (unpaired) electrons. The van der Waals surface area contributed by atoms with Crippen molar-refractivity contribution in [1.82, 2.24) is 4.98 Å². The molecule has 1 amide bonds. The standard InChI is InChI=1S/C11H9N3O3S/c12-10(15)5-11-13-9(6-18-11)7-2-1-3-8(4-7)14(16)17/h1-4,6H,5H2,(H2,12,15). The second kappa shape index (κ2) is 4.92. The fourth-order valence-corrected chi connectivity index (χ4v) is 2.27. The normalized spacial score (nSPS) is 10.2. The number of nitrogens with two attached hydrogens (primary N) is 1. The first kappa shape index (κ1) is 12.2. The van der Waals surface area contributed by atoms with Gasteiger partial charge in [-0.2, -0.15) is 0 Å². The van der Waals surface area contributed by atoms with Gasteiger partial charge in [0.15, 0.2) is 0 Å². The third-order valence-electron chi connectivity index (χ3n) is 2.23. The van der Waals surface area contributed by atoms with E-state index in [-0.39, 0.29) is 12.1 Å². The number of carbonyl (C=O) groups excluding carboxylic acids is 1. The Labute approximate surface area is 106 Å². The highest BCUT2D eigenvalue weighted by atomic mass is 32.1. The Hall–Kier alpha value is -2.28. The smallest absolute Gasteiger partial charge is 0.270 e. The average Bonchev–Trinajstić information content (AvgIpc) is 2.77. The molecule has 2 N–H and O–H groups in total. The Bertz CT molecular complexity index is 609. The van der Waals surface area contributed by atoms with Crippen molar-refractivity contribution in [3.8, 4) is 11.3 Å². The number of hydrogen-bond donors (Lipinski definition) is 1. The third kappa shape index (κ3) is 2.69. The molecule has 1 aromatic heterocycles. The summed E-state index contributed by atoms with van der Waals surface area (Å²) in [5, 5.41) is 13.0. The zero-order valence-electron chi connectivity index (χ0n) is 9.20. The van der Waals surface area contributed by atoms with E-state index in [1.54, 1.807) is 17.5 Å². The Morgan fingerprint density at radius 1 is 1.50 bits per heavy atom. The van der Waals surface area contributed by atoms with Crippen LogP contribution in [0.25, 0.3) is 11.3 Å². The number of amides is 1. The molecule has 7 heteroatoms. The van der Waals surface area contributed by atoms with Gasteiger partial charge in [0.2, 0.25) is 5.91 Å². The molecule has 6 nitrogen and oxygen atoms in total. The van der Waals surface area contributed by atoms with Crippen molar-refractivity contribution in [3.05, 3.63) is 44.8 Å². The molecule has 1 aromatic carbocycles. The molecule has 0 bridgehead atoms. The second-order valence-corrected chi connectivity index (χ2v) is 4.52. The molecule has 0 aliphatic carbocycles. The lowest BCUT2D eigenvalue weighted by molar-refractivity contribution is -0.384. The Morgan fingerprint density at radius 2 is 2.28 bits per heavy atom. The van der Waals surface area contributed by atoms with Crippen LogP contribution in [0, 0.1) is 10.1 Å². The van der Waals surface area contributed by atoms with E-state index in [1.807, 2.05) is 0 Å². The molecule has 1 heterocycles. The lowest BCUT2D eigenvalue weighted by Crippen LogP contribution is -2.13. The minimum absolute atomic E-state index is 0.0111. The Balaban J connectivity index is 2.31. The first-order valence-electron chi connectivity index (χ1n) is 5.04. The molecule has 0 aliphatic rings. The highest BCUT2D eigenvalue weighted by Gasteiger charge is 2.10. The highest BCUT2D eigenvalue weighted by Crippen LogP contribution is 2.25. The van der Waals surface area contributed by atoms with E-state index in [9.17, 15) is 14.9 Å². The first-order valence-corrected chi connectivity index (χ1v) is 5.92. The van der Waals surface area contributed by atoms with Gasteiger partial charge in [0.1, 0.15) is 5.01 Å². The van der Waals surface area contributed by atoms with Gasteiger partial charge < -0.3 is 5.73 Å². The lowest BCUT2D eigenvalue weighted by Gasteiger charge is -1.96. The van der Waals surface area contributed by atoms with Crippen LogP contribution >= 0.6 is 11.3 Å². The van der Waals surface area contributed by atoms with Crippen molar-refractivity contribution in [2.45, 2.75) is 6.42 Å². The molecular formula is C11H9N3O3S. The van der Waals surface area contributed by atoms with E-state index < -0.39 is 10.8 Å². The van der Waals surface area contributed by atoms with Crippen molar-refractivity contribution in [3.63, 3.8) is 0 Å². The third-order valence-corrected chi connectivity index (χ3v) is 3.08. The van der Waals surface area contributed by atoms with Gasteiger partial charge in [-0.1, -0.05) is 12.1 Å². The van der Waals surface area contributed by atoms with Crippen LogP contribution in [-0.2, 0) is 11.2 Å². The van der Waals surface area contributed by atoms with E-state index in [0.717, 1.165) is 0 Å². The van der Waals surface area contributed by atoms with Gasteiger partial charge in [-0.25, -0.2) is 4.98 Å². The van der Waals surface area contributed by atoms with Crippen LogP contribution in [0.3, 0.4) is 0 Å². The van der Waals surface area contributed by atoms with Crippen LogP contribution in [0.4, 0.5) is 5.69 Å². The summed E-state index contributed by atoms with van der Waals surface area (Å²) in [6.07, 6.45) is 0.0829. The van der Waals surface area contributed by atoms with Crippen LogP contribution in [0.5, 0.6) is 0 Å². The number of hydrogen-bond acceptors (Lipinski definition) is 5. The summed E-state index contributed by atoms with van der Waals surface area (Å²) < 4.78 is 0. The highest BCUT2D eigenvalue weighted by molar-refractivity contribution is 7.10. The molecule has 0 spiro atoms. The summed E-state index contributed by atoms with van der Waals surface area (Å²) in [7, 11) is 0. The number of nitrogens with zero attached hydrogens (tertiary/aromatic N) is 2. The van der Waals surface area contributed by atoms with Crippen molar-refractivity contribution < 1.29 is 9.72 Å². The van der Waals surface area contributed by atoms with Crippen LogP contribution in [0.2, 0.25) is 0 Å². The number of carbonyl (C=O) groups is 1. The molecule has 2 aromatic rings. The Morgan fingerprint density at radius 3 is 2.94 bits per heavy atom. The average molecular weight is 263 g/mol. The topological polar surface area (TPSA) is 99.1 Å². The van der Waals surface area contributed by atoms with Gasteiger partial charge in [-0.3, -0.25) is 14.9 Å². The molecule has 0 fully saturated rings. The fourth-order valence-electron chi connectivity index (χ4n) is 1.45. The molecule has 0 atom stereocenters. The molecule has 92 valence electrons. The summed E-state index contributed by atoms with van der Waals surface area (Å²) in [6, 6.07) is 6.19. The van der Waals surface area contributed by atoms with Gasteiger partial charge in [-0.15, -0.1) is 11.3 Å². The number of primary amides is 1. The maximum atomic E-state index is 10.8. The predicted octanol–water partition coefficient (Wildman–Crippen LogP) is 1.75. The molecule has 18 heavy (non-hydrogen) atoms. The van der Waals surface area contributed by atoms with Crippen molar-refractivity contribution in [1.29, 1.82) is 0 Å². The lowest BCUT2D eigenvalue weighted by atomic mass is 10.1. The molecule has 0 unspecified atom stereocenters. The van der Waals surface area contributed by atoms with Crippen LogP contribution in [-0.4, -0.2) is 15.8 Å². The van der Waals surface area contributed by atoms with Crippen molar-refractivity contribution >= 4 is 22.9 Å². The number of thiazole rings is 1. The van der Waals surface area contributed by atoms with E-state index in [4.69, 9.17) is 5.73 Å². The zero-order chi connectivity index (χ0) is 13.1. The fraction of sp³-hybridized carbons (Fsp3) is 0.0909. The van der Waals surface area contributed by atoms with Gasteiger partial charge >= 0.3 is 0 Å². The van der Waals surface area contributed by atoms with E-state index >= 15 is 0 Å². The molecular weight excluding hydrogens is 254 g/mol. The van der Waals surface area contributed by atoms with E-state index in [0.29, 0.717) is 16.3 Å². The largest absolute Gasteiger partial charge is 0.369 e. The molecule has 0 saturated carbocycles. The summed E-state index contributed by atoms with van der Waals surface area (Å²) in [6.45, 7) is 0. The minimum atomic E-state index is -0.458. The zero-order valence-corrected chi connectivity index (χ0v) is 10.0. The summed E-state index contributed by atoms with van der Waals surface area (Å²) in [5.41, 5.74) is 6.35. The number of rotatable bonds is 4. The monoisotopic (exact) mass is 263 g/mol. The summed E-state index contributed by atoms with van der Waals surface area (Å²) in [5.74, 6) is -0.449.